The molecule has 5 nitrogen and oxygen atoms in total. The molecule has 0 bridgehead atoms. The Morgan fingerprint density at radius 1 is 0.574 bits per heavy atom. The van der Waals surface area contributed by atoms with Crippen LogP contribution < -0.4 is 0 Å². The third-order valence-corrected chi connectivity index (χ3v) is 15.9. The molecule has 0 saturated heterocycles. The number of carbonyl (C=O) groups is 1. The predicted molar refractivity (Wildman–Crippen MR) is 168 cm³/mol. The van der Waals surface area contributed by atoms with Crippen molar-refractivity contribution in [2.45, 2.75) is 148 Å². The summed E-state index contributed by atoms with van der Waals surface area (Å²) in [6, 6.07) is 0. The number of aliphatic hydroxyl groups excluding tert-OH is 4. The van der Waals surface area contributed by atoms with Crippen LogP contribution in [0.4, 0.5) is 0 Å². The molecule has 10 unspecified atom stereocenters. The summed E-state index contributed by atoms with van der Waals surface area (Å²) in [7, 11) is 0. The van der Waals surface area contributed by atoms with Crippen molar-refractivity contribution in [1.82, 2.24) is 0 Å². The van der Waals surface area contributed by atoms with E-state index in [2.05, 4.69) is 33.8 Å². The Bertz CT molecular complexity index is 1210. The van der Waals surface area contributed by atoms with Gasteiger partial charge in [0.2, 0.25) is 0 Å². The number of ketones is 1. The van der Waals surface area contributed by atoms with Crippen molar-refractivity contribution in [1.29, 1.82) is 0 Å². The van der Waals surface area contributed by atoms with E-state index < -0.39 is 0 Å². The molecular weight excluding hydrogens is 1440 g/mol. The minimum Gasteiger partial charge on any atom is -0.393 e. The SMILES string of the molecule is C[C@]12CCC3C(C(=O)C=C4CC(O)CC[C@@]43C)C1CCC2O.C[C@]12CCC3C(CC=C4CC(O)CC[C@@]43C)C1CCC2O.[Ac].[Ac].[Ac].[Ac]. The van der Waals surface area contributed by atoms with Crippen molar-refractivity contribution in [3.8, 4) is 0 Å². The van der Waals surface area contributed by atoms with Gasteiger partial charge in [-0.2, -0.15) is 0 Å². The van der Waals surface area contributed by atoms with E-state index in [4.69, 9.17) is 0 Å². The van der Waals surface area contributed by atoms with E-state index in [9.17, 15) is 25.2 Å². The van der Waals surface area contributed by atoms with Gasteiger partial charge in [0.05, 0.1) is 24.4 Å². The zero-order valence-electron chi connectivity index (χ0n) is 29.5. The Hall–Kier alpha value is 4.76. The topological polar surface area (TPSA) is 98.0 Å². The molecule has 8 aliphatic carbocycles. The minimum absolute atomic E-state index is 0. The number of carbonyl (C=O) groups excluding carboxylic acids is 1. The van der Waals surface area contributed by atoms with Gasteiger partial charge in [0.1, 0.15) is 0 Å². The summed E-state index contributed by atoms with van der Waals surface area (Å²) in [5.74, 6) is 3.40. The maximum absolute atomic E-state index is 12.9. The first kappa shape index (κ1) is 46.1. The fourth-order valence-corrected chi connectivity index (χ4v) is 13.0. The summed E-state index contributed by atoms with van der Waals surface area (Å²) in [5.41, 5.74) is 3.28. The number of hydrogen-bond donors (Lipinski definition) is 4. The Labute approximate surface area is 427 Å². The molecule has 0 aliphatic heterocycles. The summed E-state index contributed by atoms with van der Waals surface area (Å²) < 4.78 is 0. The van der Waals surface area contributed by atoms with E-state index in [1.165, 1.54) is 31.3 Å². The third-order valence-electron chi connectivity index (χ3n) is 15.9. The van der Waals surface area contributed by atoms with Gasteiger partial charge in [0.15, 0.2) is 5.78 Å². The van der Waals surface area contributed by atoms with Gasteiger partial charge < -0.3 is 20.4 Å². The first-order valence-electron chi connectivity index (χ1n) is 18.0. The van der Waals surface area contributed by atoms with Crippen LogP contribution in [0.2, 0.25) is 0 Å². The van der Waals surface area contributed by atoms with Gasteiger partial charge in [-0.25, -0.2) is 0 Å². The molecule has 4 radical (unpaired) electrons. The molecule has 0 spiro atoms. The van der Waals surface area contributed by atoms with Crippen LogP contribution in [0.3, 0.4) is 0 Å². The zero-order chi connectivity index (χ0) is 30.5. The summed E-state index contributed by atoms with van der Waals surface area (Å²) >= 11 is 0. The summed E-state index contributed by atoms with van der Waals surface area (Å²) in [6.45, 7) is 9.33. The maximum atomic E-state index is 12.9. The fraction of sp³-hybridized carbons (Fsp3) is 0.868. The molecule has 47 heavy (non-hydrogen) atoms. The second-order valence-corrected chi connectivity index (χ2v) is 17.6. The second-order valence-electron chi connectivity index (χ2n) is 17.6. The molecule has 252 valence electrons. The molecule has 4 N–H and O–H groups in total. The van der Waals surface area contributed by atoms with Gasteiger partial charge in [-0.05, 0) is 154 Å². The van der Waals surface area contributed by atoms with Crippen molar-refractivity contribution < 1.29 is 201 Å². The molecule has 0 aromatic rings. The van der Waals surface area contributed by atoms with Gasteiger partial charge >= 0.3 is 0 Å². The molecule has 6 fully saturated rings. The van der Waals surface area contributed by atoms with Crippen LogP contribution in [0.25, 0.3) is 0 Å². The van der Waals surface area contributed by atoms with Crippen LogP contribution in [0, 0.1) is 233 Å². The van der Waals surface area contributed by atoms with Gasteiger partial charge in [0.25, 0.3) is 0 Å². The van der Waals surface area contributed by atoms with E-state index in [0.29, 0.717) is 29.6 Å². The molecule has 0 amide bonds. The fourth-order valence-electron chi connectivity index (χ4n) is 13.0. The summed E-state index contributed by atoms with van der Waals surface area (Å²) in [5, 5.41) is 40.9. The Balaban J connectivity index is 0.000000236. The average Bonchev–Trinajstić information content (AvgIpc) is 3.45. The van der Waals surface area contributed by atoms with Crippen molar-refractivity contribution in [2.24, 2.45) is 57.2 Å². The first-order valence-corrected chi connectivity index (χ1v) is 18.0. The molecule has 8 rings (SSSR count). The van der Waals surface area contributed by atoms with Crippen LogP contribution in [0.1, 0.15) is 124 Å². The van der Waals surface area contributed by atoms with E-state index in [0.717, 1.165) is 76.0 Å². The number of fused-ring (bicyclic) bond motifs is 10. The molecule has 9 heteroatoms. The van der Waals surface area contributed by atoms with Gasteiger partial charge in [-0.15, -0.1) is 0 Å². The van der Waals surface area contributed by atoms with Crippen LogP contribution in [0.15, 0.2) is 23.3 Å². The quantitative estimate of drug-likeness (QED) is 0.208. The van der Waals surface area contributed by atoms with E-state index in [-0.39, 0.29) is 229 Å². The molecule has 0 heterocycles. The smallest absolute Gasteiger partial charge is 0.159 e. The van der Waals surface area contributed by atoms with Crippen LogP contribution in [-0.2, 0) is 4.79 Å². The molecule has 0 aromatic heterocycles. The zero-order valence-corrected chi connectivity index (χ0v) is 48.5. The van der Waals surface area contributed by atoms with Crippen LogP contribution in [-0.4, -0.2) is 50.6 Å². The van der Waals surface area contributed by atoms with Crippen LogP contribution >= 0.6 is 0 Å². The molecule has 0 aromatic carbocycles. The van der Waals surface area contributed by atoms with Crippen molar-refractivity contribution in [3.05, 3.63) is 23.3 Å². The number of rotatable bonds is 0. The maximum Gasteiger partial charge on any atom is 0.159 e. The predicted octanol–water partition coefficient (Wildman–Crippen LogP) is 6.52. The minimum atomic E-state index is -0.272. The Morgan fingerprint density at radius 2 is 1.06 bits per heavy atom. The third kappa shape index (κ3) is 7.88. The first-order chi connectivity index (χ1) is 20.3. The van der Waals surface area contributed by atoms with Gasteiger partial charge in [-0.1, -0.05) is 44.9 Å². The monoisotopic (exact) mass is 1500 g/mol. The van der Waals surface area contributed by atoms with Crippen molar-refractivity contribution in [3.63, 3.8) is 0 Å². The van der Waals surface area contributed by atoms with Gasteiger partial charge in [0, 0.05) is 182 Å². The summed E-state index contributed by atoms with van der Waals surface area (Å²) in [4.78, 5) is 12.9. The largest absolute Gasteiger partial charge is 0.393 e. The normalized spacial score (nSPS) is 50.5. The number of aliphatic hydroxyl groups is 4. The second kappa shape index (κ2) is 17.5. The number of allylic oxidation sites excluding steroid dienone is 2. The van der Waals surface area contributed by atoms with E-state index >= 15 is 0 Å². The average molecular weight is 1500 g/mol. The Morgan fingerprint density at radius 3 is 1.66 bits per heavy atom. The Kier molecular flexibility index (Phi) is 17.2. The number of hydrogen-bond acceptors (Lipinski definition) is 5. The standard InChI is InChI=1S/C19H28O3.C19H30O2.4Ac/c1-18-7-5-12(20)9-11(18)10-15(21)17-13-3-4-16(22)19(13,2)8-6-14(17)18;1-18-9-7-13(20)11-12(18)3-4-14-15-5-6-17(21)19(15,2)10-8-16(14)18;;;;/h10,12-14,16-17,20,22H,3-9H2,1-2H3;3,13-17,20-21H,4-11H2,1-2H3;;;;/t12?,13?,14?,16?,17?,18-,19-;13?,14?,15?,16?,17?,18-,19-;;;;/m00..../s1. The molecular formula is C38H58Ac4O5. The van der Waals surface area contributed by atoms with Crippen molar-refractivity contribution >= 4 is 5.78 Å². The van der Waals surface area contributed by atoms with Crippen molar-refractivity contribution in [2.75, 3.05) is 0 Å². The summed E-state index contributed by atoms with van der Waals surface area (Å²) in [6.07, 6.45) is 19.1. The molecule has 8 aliphatic rings. The van der Waals surface area contributed by atoms with Gasteiger partial charge in [-0.3, -0.25) is 4.79 Å². The van der Waals surface area contributed by atoms with E-state index in [1.54, 1.807) is 5.57 Å². The van der Waals surface area contributed by atoms with E-state index in [1.807, 2.05) is 6.08 Å². The van der Waals surface area contributed by atoms with Crippen LogP contribution in [0.5, 0.6) is 0 Å². The molecule has 14 atom stereocenters. The molecule has 6 saturated carbocycles.